The lowest BCUT2D eigenvalue weighted by Gasteiger charge is -2.36. The minimum atomic E-state index is 0.0425. The molecule has 3 rings (SSSR count). The molecule has 1 unspecified atom stereocenters. The van der Waals surface area contributed by atoms with Crippen molar-refractivity contribution in [3.63, 3.8) is 0 Å². The summed E-state index contributed by atoms with van der Waals surface area (Å²) in [7, 11) is 2.05. The second-order valence-corrected chi connectivity index (χ2v) is 6.35. The molecule has 1 amide bonds. The van der Waals surface area contributed by atoms with Crippen LogP contribution >= 0.6 is 11.6 Å². The molecule has 6 heteroatoms. The molecule has 0 spiro atoms. The van der Waals surface area contributed by atoms with Crippen LogP contribution in [0.5, 0.6) is 0 Å². The zero-order chi connectivity index (χ0) is 15.5. The molecule has 0 saturated carbocycles. The summed E-state index contributed by atoms with van der Waals surface area (Å²) < 4.78 is 5.53. The molecule has 1 aromatic rings. The van der Waals surface area contributed by atoms with Crippen molar-refractivity contribution in [2.24, 2.45) is 0 Å². The monoisotopic (exact) mass is 323 g/mol. The van der Waals surface area contributed by atoms with Crippen LogP contribution in [-0.2, 0) is 9.53 Å². The van der Waals surface area contributed by atoms with Gasteiger partial charge in [-0.3, -0.25) is 4.79 Å². The molecule has 0 aliphatic carbocycles. The Hall–Kier alpha value is -1.46. The first-order valence-corrected chi connectivity index (χ1v) is 8.15. The largest absolute Gasteiger partial charge is 0.376 e. The van der Waals surface area contributed by atoms with Crippen LogP contribution in [0.2, 0.25) is 5.02 Å². The highest BCUT2D eigenvalue weighted by Gasteiger charge is 2.23. The number of likely N-dealkylation sites (N-methyl/N-ethyl adjacent to an activating group) is 1. The van der Waals surface area contributed by atoms with Gasteiger partial charge in [-0.1, -0.05) is 11.6 Å². The van der Waals surface area contributed by atoms with Crippen LogP contribution in [-0.4, -0.2) is 51.8 Å². The van der Waals surface area contributed by atoms with Crippen molar-refractivity contribution in [2.45, 2.75) is 18.9 Å². The molecular weight excluding hydrogens is 302 g/mol. The van der Waals surface area contributed by atoms with Crippen molar-refractivity contribution < 1.29 is 9.53 Å². The van der Waals surface area contributed by atoms with Gasteiger partial charge in [0.2, 0.25) is 5.91 Å². The minimum absolute atomic E-state index is 0.0425. The molecule has 2 heterocycles. The van der Waals surface area contributed by atoms with E-state index in [-0.39, 0.29) is 12.0 Å². The second-order valence-electron chi connectivity index (χ2n) is 5.92. The molecule has 0 radical (unpaired) electrons. The lowest BCUT2D eigenvalue weighted by atomic mass is 10.1. The van der Waals surface area contributed by atoms with Crippen molar-refractivity contribution in [2.75, 3.05) is 49.6 Å². The maximum absolute atomic E-state index is 12.2. The molecule has 1 fully saturated rings. The summed E-state index contributed by atoms with van der Waals surface area (Å²) in [6.45, 7) is 3.51. The Balaban J connectivity index is 1.60. The SMILES string of the molecule is CN1CCN(CC(=O)NCC2CCCO2)c2ccc(Cl)cc21. The number of ether oxygens (including phenoxy) is 1. The number of hydrogen-bond donors (Lipinski definition) is 1. The molecule has 120 valence electrons. The summed E-state index contributed by atoms with van der Waals surface area (Å²) in [5, 5.41) is 3.70. The second kappa shape index (κ2) is 6.75. The number of anilines is 2. The third-order valence-electron chi connectivity index (χ3n) is 4.28. The first-order valence-electron chi connectivity index (χ1n) is 7.77. The number of rotatable bonds is 4. The summed E-state index contributed by atoms with van der Waals surface area (Å²) in [4.78, 5) is 16.5. The van der Waals surface area contributed by atoms with Crippen molar-refractivity contribution in [3.8, 4) is 0 Å². The van der Waals surface area contributed by atoms with Gasteiger partial charge in [-0.25, -0.2) is 0 Å². The van der Waals surface area contributed by atoms with Gasteiger partial charge in [-0.15, -0.1) is 0 Å². The predicted molar refractivity (Wildman–Crippen MR) is 88.9 cm³/mol. The van der Waals surface area contributed by atoms with Crippen molar-refractivity contribution in [3.05, 3.63) is 23.2 Å². The zero-order valence-corrected chi connectivity index (χ0v) is 13.6. The van der Waals surface area contributed by atoms with Gasteiger partial charge in [0, 0.05) is 38.3 Å². The Morgan fingerprint density at radius 3 is 3.05 bits per heavy atom. The number of carbonyl (C=O) groups is 1. The smallest absolute Gasteiger partial charge is 0.239 e. The highest BCUT2D eigenvalue weighted by Crippen LogP contribution is 2.34. The topological polar surface area (TPSA) is 44.8 Å². The lowest BCUT2D eigenvalue weighted by molar-refractivity contribution is -0.120. The number of halogens is 1. The Morgan fingerprint density at radius 1 is 1.41 bits per heavy atom. The van der Waals surface area contributed by atoms with Crippen LogP contribution in [0.1, 0.15) is 12.8 Å². The molecule has 1 N–H and O–H groups in total. The van der Waals surface area contributed by atoms with Crippen LogP contribution in [0.4, 0.5) is 11.4 Å². The molecule has 5 nitrogen and oxygen atoms in total. The van der Waals surface area contributed by atoms with Crippen LogP contribution in [0.25, 0.3) is 0 Å². The third kappa shape index (κ3) is 3.47. The quantitative estimate of drug-likeness (QED) is 0.919. The third-order valence-corrected chi connectivity index (χ3v) is 4.52. The summed E-state index contributed by atoms with van der Waals surface area (Å²) in [6.07, 6.45) is 2.31. The number of hydrogen-bond acceptors (Lipinski definition) is 4. The Morgan fingerprint density at radius 2 is 2.27 bits per heavy atom. The standard InChI is InChI=1S/C16H22ClN3O2/c1-19-6-7-20(14-5-4-12(17)9-15(14)19)11-16(21)18-10-13-3-2-8-22-13/h4-5,9,13H,2-3,6-8,10-11H2,1H3,(H,18,21). The average molecular weight is 324 g/mol. The van der Waals surface area contributed by atoms with Crippen molar-refractivity contribution >= 4 is 28.9 Å². The van der Waals surface area contributed by atoms with E-state index >= 15 is 0 Å². The fourth-order valence-corrected chi connectivity index (χ4v) is 3.17. The van der Waals surface area contributed by atoms with Gasteiger partial charge >= 0.3 is 0 Å². The Kier molecular flexibility index (Phi) is 4.74. The Labute approximate surface area is 136 Å². The number of amides is 1. The van der Waals surface area contributed by atoms with Gasteiger partial charge in [-0.05, 0) is 31.0 Å². The van der Waals surface area contributed by atoms with Crippen molar-refractivity contribution in [1.82, 2.24) is 5.32 Å². The van der Waals surface area contributed by atoms with E-state index < -0.39 is 0 Å². The maximum Gasteiger partial charge on any atom is 0.239 e. The molecular formula is C16H22ClN3O2. The molecule has 2 aliphatic heterocycles. The fourth-order valence-electron chi connectivity index (χ4n) is 3.01. The zero-order valence-electron chi connectivity index (χ0n) is 12.8. The predicted octanol–water partition coefficient (Wildman–Crippen LogP) is 1.89. The first-order chi connectivity index (χ1) is 10.6. The summed E-state index contributed by atoms with van der Waals surface area (Å²) >= 11 is 6.08. The van der Waals surface area contributed by atoms with Gasteiger partial charge in [-0.2, -0.15) is 0 Å². The number of carbonyl (C=O) groups excluding carboxylic acids is 1. The minimum Gasteiger partial charge on any atom is -0.376 e. The Bertz CT molecular complexity index is 546. The van der Waals surface area contributed by atoms with Gasteiger partial charge in [0.05, 0.1) is 24.0 Å². The van der Waals surface area contributed by atoms with Crippen LogP contribution in [0, 0.1) is 0 Å². The van der Waals surface area contributed by atoms with E-state index in [9.17, 15) is 4.79 Å². The van der Waals surface area contributed by atoms with E-state index in [4.69, 9.17) is 16.3 Å². The summed E-state index contributed by atoms with van der Waals surface area (Å²) in [5.41, 5.74) is 2.14. The van der Waals surface area contributed by atoms with Gasteiger partial charge in [0.15, 0.2) is 0 Å². The lowest BCUT2D eigenvalue weighted by Crippen LogP contribution is -2.45. The molecule has 2 aliphatic rings. The first kappa shape index (κ1) is 15.4. The molecule has 22 heavy (non-hydrogen) atoms. The van der Waals surface area contributed by atoms with Gasteiger partial charge in [0.25, 0.3) is 0 Å². The van der Waals surface area contributed by atoms with E-state index in [1.54, 1.807) is 0 Å². The summed E-state index contributed by atoms with van der Waals surface area (Å²) in [5.74, 6) is 0.0425. The maximum atomic E-state index is 12.2. The molecule has 1 aromatic carbocycles. The van der Waals surface area contributed by atoms with E-state index in [0.717, 1.165) is 48.9 Å². The van der Waals surface area contributed by atoms with Crippen LogP contribution in [0.15, 0.2) is 18.2 Å². The number of nitrogens with one attached hydrogen (secondary N) is 1. The van der Waals surface area contributed by atoms with E-state index in [0.29, 0.717) is 13.1 Å². The number of nitrogens with zero attached hydrogens (tertiary/aromatic N) is 2. The fraction of sp³-hybridized carbons (Fsp3) is 0.562. The molecule has 0 aromatic heterocycles. The number of fused-ring (bicyclic) bond motifs is 1. The van der Waals surface area contributed by atoms with Crippen LogP contribution < -0.4 is 15.1 Å². The molecule has 1 saturated heterocycles. The highest BCUT2D eigenvalue weighted by molar-refractivity contribution is 6.31. The van der Waals surface area contributed by atoms with E-state index in [2.05, 4.69) is 15.1 Å². The van der Waals surface area contributed by atoms with Crippen molar-refractivity contribution in [1.29, 1.82) is 0 Å². The van der Waals surface area contributed by atoms with Gasteiger partial charge in [0.1, 0.15) is 0 Å². The normalized spacial score (nSPS) is 20.9. The summed E-state index contributed by atoms with van der Waals surface area (Å²) in [6, 6.07) is 5.81. The molecule has 1 atom stereocenters. The highest BCUT2D eigenvalue weighted by atomic mass is 35.5. The van der Waals surface area contributed by atoms with Gasteiger partial charge < -0.3 is 19.9 Å². The number of benzene rings is 1. The van der Waals surface area contributed by atoms with Crippen LogP contribution in [0.3, 0.4) is 0 Å². The van der Waals surface area contributed by atoms with E-state index in [1.165, 1.54) is 0 Å². The average Bonchev–Trinajstić information content (AvgIpc) is 3.02. The van der Waals surface area contributed by atoms with E-state index in [1.807, 2.05) is 25.2 Å². The molecule has 0 bridgehead atoms.